The molecule has 3 aromatic rings. The van der Waals surface area contributed by atoms with E-state index in [4.69, 9.17) is 0 Å². The van der Waals surface area contributed by atoms with Gasteiger partial charge in [0.1, 0.15) is 5.82 Å². The van der Waals surface area contributed by atoms with Crippen molar-refractivity contribution in [1.82, 2.24) is 14.8 Å². The maximum absolute atomic E-state index is 12.5. The highest BCUT2D eigenvalue weighted by atomic mass is 32.2. The van der Waals surface area contributed by atoms with E-state index in [9.17, 15) is 9.59 Å². The third kappa shape index (κ3) is 5.20. The molecule has 0 spiro atoms. The fourth-order valence-corrected chi connectivity index (χ4v) is 4.00. The van der Waals surface area contributed by atoms with Crippen LogP contribution in [0.5, 0.6) is 0 Å². The van der Waals surface area contributed by atoms with Gasteiger partial charge in [-0.25, -0.2) is 0 Å². The summed E-state index contributed by atoms with van der Waals surface area (Å²) in [5, 5.41) is 16.4. The predicted molar refractivity (Wildman–Crippen MR) is 113 cm³/mol. The smallest absolute Gasteiger partial charge is 0.237 e. The first-order valence-corrected chi connectivity index (χ1v) is 10.4. The topological polar surface area (TPSA) is 88.9 Å². The summed E-state index contributed by atoms with van der Waals surface area (Å²) < 4.78 is 1.93. The first kappa shape index (κ1) is 20.1. The molecule has 1 aromatic carbocycles. The predicted octanol–water partition coefficient (Wildman–Crippen LogP) is 3.55. The van der Waals surface area contributed by atoms with Crippen LogP contribution in [-0.2, 0) is 23.1 Å². The Balaban J connectivity index is 1.58. The van der Waals surface area contributed by atoms with Crippen molar-refractivity contribution in [3.63, 3.8) is 0 Å². The van der Waals surface area contributed by atoms with Crippen LogP contribution in [0.2, 0.25) is 0 Å². The molecule has 0 unspecified atom stereocenters. The standard InChI is InChI=1S/C19H21N5O2S2/c1-12(18(26)21-15-8-6-14(7-9-15)20-13(2)25)28-19-23-22-17(24(19)3)11-16-5-4-10-27-16/h4-10,12H,11H2,1-3H3,(H,20,25)(H,21,26)/t12-/m0/s1. The lowest BCUT2D eigenvalue weighted by atomic mass is 10.2. The molecule has 1 atom stereocenters. The Hall–Kier alpha value is -2.65. The van der Waals surface area contributed by atoms with Gasteiger partial charge < -0.3 is 15.2 Å². The van der Waals surface area contributed by atoms with Crippen molar-refractivity contribution in [1.29, 1.82) is 0 Å². The third-order valence-electron chi connectivity index (χ3n) is 3.96. The summed E-state index contributed by atoms with van der Waals surface area (Å²) in [6, 6.07) is 11.1. The molecule has 2 amide bonds. The second-order valence-electron chi connectivity index (χ2n) is 6.22. The largest absolute Gasteiger partial charge is 0.326 e. The molecule has 0 saturated heterocycles. The van der Waals surface area contributed by atoms with Crippen LogP contribution < -0.4 is 10.6 Å². The number of rotatable bonds is 7. The lowest BCUT2D eigenvalue weighted by Crippen LogP contribution is -2.22. The molecule has 2 heterocycles. The summed E-state index contributed by atoms with van der Waals surface area (Å²) in [5.41, 5.74) is 1.35. The Morgan fingerprint density at radius 3 is 2.43 bits per heavy atom. The van der Waals surface area contributed by atoms with E-state index in [-0.39, 0.29) is 17.1 Å². The zero-order valence-electron chi connectivity index (χ0n) is 15.8. The first-order valence-electron chi connectivity index (χ1n) is 8.68. The number of anilines is 2. The lowest BCUT2D eigenvalue weighted by Gasteiger charge is -2.12. The van der Waals surface area contributed by atoms with Gasteiger partial charge >= 0.3 is 0 Å². The minimum Gasteiger partial charge on any atom is -0.326 e. The highest BCUT2D eigenvalue weighted by Crippen LogP contribution is 2.24. The zero-order valence-corrected chi connectivity index (χ0v) is 17.4. The number of hydrogen-bond donors (Lipinski definition) is 2. The fraction of sp³-hybridized carbons (Fsp3) is 0.263. The highest BCUT2D eigenvalue weighted by molar-refractivity contribution is 8.00. The molecule has 2 N–H and O–H groups in total. The van der Waals surface area contributed by atoms with Crippen molar-refractivity contribution in [2.75, 3.05) is 10.6 Å². The number of carbonyl (C=O) groups excluding carboxylic acids is 2. The van der Waals surface area contributed by atoms with Crippen molar-refractivity contribution in [3.8, 4) is 0 Å². The zero-order chi connectivity index (χ0) is 20.1. The number of aromatic nitrogens is 3. The van der Waals surface area contributed by atoms with Gasteiger partial charge in [-0.15, -0.1) is 21.5 Å². The monoisotopic (exact) mass is 415 g/mol. The maximum atomic E-state index is 12.5. The SMILES string of the molecule is CC(=O)Nc1ccc(NC(=O)[C@H](C)Sc2nnc(Cc3cccs3)n2C)cc1. The van der Waals surface area contributed by atoms with Gasteiger partial charge in [-0.05, 0) is 42.6 Å². The third-order valence-corrected chi connectivity index (χ3v) is 5.97. The van der Waals surface area contributed by atoms with Crippen LogP contribution in [-0.4, -0.2) is 31.8 Å². The van der Waals surface area contributed by atoms with Crippen molar-refractivity contribution in [2.24, 2.45) is 7.05 Å². The molecule has 0 fully saturated rings. The van der Waals surface area contributed by atoms with E-state index >= 15 is 0 Å². The van der Waals surface area contributed by atoms with Gasteiger partial charge in [-0.3, -0.25) is 9.59 Å². The first-order chi connectivity index (χ1) is 13.4. The number of carbonyl (C=O) groups is 2. The molecule has 28 heavy (non-hydrogen) atoms. The Bertz CT molecular complexity index is 951. The number of nitrogens with zero attached hydrogens (tertiary/aromatic N) is 3. The minimum atomic E-state index is -0.340. The van der Waals surface area contributed by atoms with Crippen LogP contribution in [0, 0.1) is 0 Å². The highest BCUT2D eigenvalue weighted by Gasteiger charge is 2.19. The second kappa shape index (κ2) is 9.03. The van der Waals surface area contributed by atoms with Crippen molar-refractivity contribution in [3.05, 3.63) is 52.5 Å². The molecule has 0 aliphatic rings. The van der Waals surface area contributed by atoms with Crippen LogP contribution in [0.3, 0.4) is 0 Å². The molecule has 3 rings (SSSR count). The van der Waals surface area contributed by atoms with Crippen molar-refractivity contribution < 1.29 is 9.59 Å². The quantitative estimate of drug-likeness (QED) is 0.576. The van der Waals surface area contributed by atoms with E-state index in [2.05, 4.69) is 26.9 Å². The van der Waals surface area contributed by atoms with Crippen molar-refractivity contribution >= 4 is 46.3 Å². The molecule has 0 aliphatic heterocycles. The van der Waals surface area contributed by atoms with Gasteiger partial charge in [-0.2, -0.15) is 0 Å². The molecule has 7 nitrogen and oxygen atoms in total. The van der Waals surface area contributed by atoms with Gasteiger partial charge in [0.2, 0.25) is 11.8 Å². The van der Waals surface area contributed by atoms with E-state index in [1.165, 1.54) is 23.6 Å². The number of thiophene rings is 1. The number of nitrogens with one attached hydrogen (secondary N) is 2. The molecule has 2 aromatic heterocycles. The molecule has 0 saturated carbocycles. The Kier molecular flexibility index (Phi) is 6.48. The summed E-state index contributed by atoms with van der Waals surface area (Å²) >= 11 is 3.05. The molecule has 0 bridgehead atoms. The van der Waals surface area contributed by atoms with Crippen LogP contribution in [0.1, 0.15) is 24.5 Å². The maximum Gasteiger partial charge on any atom is 0.237 e. The Morgan fingerprint density at radius 2 is 1.82 bits per heavy atom. The minimum absolute atomic E-state index is 0.125. The summed E-state index contributed by atoms with van der Waals surface area (Å²) in [5.74, 6) is 0.607. The normalized spacial score (nSPS) is 11.8. The average molecular weight is 416 g/mol. The number of amides is 2. The molecular formula is C19H21N5O2S2. The van der Waals surface area contributed by atoms with Crippen LogP contribution >= 0.6 is 23.1 Å². The fourth-order valence-electron chi connectivity index (χ4n) is 2.47. The molecule has 146 valence electrons. The van der Waals surface area contributed by atoms with E-state index in [0.717, 1.165) is 12.2 Å². The van der Waals surface area contributed by atoms with Crippen LogP contribution in [0.4, 0.5) is 11.4 Å². The summed E-state index contributed by atoms with van der Waals surface area (Å²) in [6.45, 7) is 3.28. The van der Waals surface area contributed by atoms with Crippen LogP contribution in [0.25, 0.3) is 0 Å². The van der Waals surface area contributed by atoms with Crippen LogP contribution in [0.15, 0.2) is 46.9 Å². The number of hydrogen-bond acceptors (Lipinski definition) is 6. The summed E-state index contributed by atoms with van der Waals surface area (Å²) in [7, 11) is 1.91. The van der Waals surface area contributed by atoms with E-state index in [1.54, 1.807) is 35.6 Å². The van der Waals surface area contributed by atoms with Gasteiger partial charge in [0, 0.05) is 36.6 Å². The van der Waals surface area contributed by atoms with E-state index in [1.807, 2.05) is 30.0 Å². The van der Waals surface area contributed by atoms with Gasteiger partial charge in [0.15, 0.2) is 5.16 Å². The summed E-state index contributed by atoms with van der Waals surface area (Å²) in [4.78, 5) is 24.8. The molecule has 0 radical (unpaired) electrons. The van der Waals surface area contributed by atoms with Gasteiger partial charge in [0.05, 0.1) is 5.25 Å². The second-order valence-corrected chi connectivity index (χ2v) is 8.56. The van der Waals surface area contributed by atoms with E-state index < -0.39 is 0 Å². The molecular weight excluding hydrogens is 394 g/mol. The Labute approximate surface area is 171 Å². The summed E-state index contributed by atoms with van der Waals surface area (Å²) in [6.07, 6.45) is 0.725. The van der Waals surface area contributed by atoms with E-state index in [0.29, 0.717) is 16.5 Å². The number of thioether (sulfide) groups is 1. The average Bonchev–Trinajstić information content (AvgIpc) is 3.28. The molecule has 0 aliphatic carbocycles. The van der Waals surface area contributed by atoms with Crippen molar-refractivity contribution in [2.45, 2.75) is 30.7 Å². The van der Waals surface area contributed by atoms with Gasteiger partial charge in [0.25, 0.3) is 0 Å². The lowest BCUT2D eigenvalue weighted by molar-refractivity contribution is -0.115. The Morgan fingerprint density at radius 1 is 1.14 bits per heavy atom. The number of benzene rings is 1. The van der Waals surface area contributed by atoms with Gasteiger partial charge in [-0.1, -0.05) is 17.8 Å². The molecule has 9 heteroatoms.